The first-order chi connectivity index (χ1) is 18.2. The highest BCUT2D eigenvalue weighted by molar-refractivity contribution is 7.82. The van der Waals surface area contributed by atoms with E-state index in [1.54, 1.807) is 68.6 Å². The number of nitrogens with zero attached hydrogens (tertiary/aromatic N) is 3. The molecule has 3 aromatic rings. The van der Waals surface area contributed by atoms with Crippen LogP contribution >= 0.6 is 11.6 Å². The summed E-state index contributed by atoms with van der Waals surface area (Å²) in [6, 6.07) is 15.2. The summed E-state index contributed by atoms with van der Waals surface area (Å²) in [5.74, 6) is -0.449. The minimum atomic E-state index is -1.56. The number of benzene rings is 2. The number of hydrogen-bond acceptors (Lipinski definition) is 7. The number of aromatic nitrogens is 2. The number of carbonyl (C=O) groups is 1. The fourth-order valence-corrected chi connectivity index (χ4v) is 4.02. The van der Waals surface area contributed by atoms with Gasteiger partial charge >= 0.3 is 5.69 Å². The monoisotopic (exact) mass is 557 g/mol. The minimum absolute atomic E-state index is 0.141. The van der Waals surface area contributed by atoms with Gasteiger partial charge in [0.2, 0.25) is 5.91 Å². The number of aliphatic imine (C=N–C) groups is 1. The molecule has 0 saturated carbocycles. The molecule has 0 aliphatic rings. The SMILES string of the molecule is CC=N/C=C/Oc1ccc(Nc2cc(=O)n(C[C@H](C)C(=O)NS(C)=O)c(=O)n2Cc2ccc(Cl)cc2)cc1. The fourth-order valence-electron chi connectivity index (χ4n) is 3.41. The van der Waals surface area contributed by atoms with E-state index in [1.165, 1.54) is 29.4 Å². The molecule has 3 rings (SSSR count). The van der Waals surface area contributed by atoms with Crippen LogP contribution in [0.4, 0.5) is 11.5 Å². The second-order valence-corrected chi connectivity index (χ2v) is 9.80. The van der Waals surface area contributed by atoms with Crippen molar-refractivity contribution in [2.45, 2.75) is 26.9 Å². The van der Waals surface area contributed by atoms with E-state index in [0.717, 1.165) is 10.1 Å². The highest BCUT2D eigenvalue weighted by Crippen LogP contribution is 2.20. The lowest BCUT2D eigenvalue weighted by molar-refractivity contribution is -0.123. The van der Waals surface area contributed by atoms with Gasteiger partial charge in [-0.1, -0.05) is 30.7 Å². The van der Waals surface area contributed by atoms with Crippen molar-refractivity contribution in [3.05, 3.63) is 98.5 Å². The van der Waals surface area contributed by atoms with Crippen molar-refractivity contribution in [2.24, 2.45) is 10.9 Å². The van der Waals surface area contributed by atoms with Crippen molar-refractivity contribution in [3.63, 3.8) is 0 Å². The Labute approximate surface area is 227 Å². The third-order valence-electron chi connectivity index (χ3n) is 5.31. The Morgan fingerprint density at radius 1 is 1.13 bits per heavy atom. The highest BCUT2D eigenvalue weighted by atomic mass is 35.5. The molecule has 0 spiro atoms. The number of anilines is 2. The van der Waals surface area contributed by atoms with E-state index in [-0.39, 0.29) is 18.9 Å². The van der Waals surface area contributed by atoms with Crippen molar-refractivity contribution in [3.8, 4) is 5.75 Å². The van der Waals surface area contributed by atoms with Gasteiger partial charge < -0.3 is 10.1 Å². The largest absolute Gasteiger partial charge is 0.463 e. The maximum absolute atomic E-state index is 13.5. The summed E-state index contributed by atoms with van der Waals surface area (Å²) in [5.41, 5.74) is 0.215. The van der Waals surface area contributed by atoms with Gasteiger partial charge in [-0.05, 0) is 48.9 Å². The minimum Gasteiger partial charge on any atom is -0.463 e. The van der Waals surface area contributed by atoms with Gasteiger partial charge in [-0.2, -0.15) is 0 Å². The van der Waals surface area contributed by atoms with Crippen LogP contribution in [0.1, 0.15) is 19.4 Å². The number of halogens is 1. The number of nitrogens with one attached hydrogen (secondary N) is 2. The summed E-state index contributed by atoms with van der Waals surface area (Å²) in [6.07, 6.45) is 5.92. The van der Waals surface area contributed by atoms with Gasteiger partial charge in [0, 0.05) is 35.8 Å². The van der Waals surface area contributed by atoms with Gasteiger partial charge in [-0.3, -0.25) is 28.4 Å². The number of amides is 1. The average Bonchev–Trinajstić information content (AvgIpc) is 2.88. The van der Waals surface area contributed by atoms with Crippen molar-refractivity contribution in [1.29, 1.82) is 0 Å². The third-order valence-corrected chi connectivity index (χ3v) is 6.05. The maximum Gasteiger partial charge on any atom is 0.332 e. The third kappa shape index (κ3) is 8.02. The molecular weight excluding hydrogens is 530 g/mol. The number of ether oxygens (including phenoxy) is 1. The number of carbonyl (C=O) groups excluding carboxylic acids is 1. The molecule has 1 aromatic heterocycles. The highest BCUT2D eigenvalue weighted by Gasteiger charge is 2.19. The predicted octanol–water partition coefficient (Wildman–Crippen LogP) is 3.44. The van der Waals surface area contributed by atoms with E-state index in [2.05, 4.69) is 15.0 Å². The number of hydrogen-bond donors (Lipinski definition) is 2. The van der Waals surface area contributed by atoms with E-state index < -0.39 is 34.1 Å². The van der Waals surface area contributed by atoms with Gasteiger partial charge in [0.05, 0.1) is 18.7 Å². The van der Waals surface area contributed by atoms with Crippen LogP contribution in [0.25, 0.3) is 0 Å². The second kappa shape index (κ2) is 13.5. The Balaban J connectivity index is 1.95. The summed E-state index contributed by atoms with van der Waals surface area (Å²) >= 11 is 6.01. The molecular formula is C26H28ClN5O5S. The van der Waals surface area contributed by atoms with Crippen LogP contribution in [0.15, 0.2) is 81.6 Å². The molecule has 12 heteroatoms. The van der Waals surface area contributed by atoms with Crippen LogP contribution in [0.2, 0.25) is 5.02 Å². The van der Waals surface area contributed by atoms with E-state index in [4.69, 9.17) is 16.3 Å². The molecule has 2 aromatic carbocycles. The molecule has 0 aliphatic carbocycles. The fraction of sp³-hybridized carbons (Fsp3) is 0.231. The molecule has 1 unspecified atom stereocenters. The summed E-state index contributed by atoms with van der Waals surface area (Å²) in [6.45, 7) is 3.31. The molecule has 38 heavy (non-hydrogen) atoms. The summed E-state index contributed by atoms with van der Waals surface area (Å²) in [4.78, 5) is 42.6. The molecule has 1 amide bonds. The zero-order valence-corrected chi connectivity index (χ0v) is 22.7. The first-order valence-corrected chi connectivity index (χ1v) is 13.5. The lowest BCUT2D eigenvalue weighted by Crippen LogP contribution is -2.44. The molecule has 1 heterocycles. The Bertz CT molecular complexity index is 1460. The van der Waals surface area contributed by atoms with Gasteiger partial charge in [0.15, 0.2) is 0 Å². The Hall–Kier alpha value is -3.96. The molecule has 0 aliphatic heterocycles. The Kier molecular flexibility index (Phi) is 10.2. The van der Waals surface area contributed by atoms with Crippen LogP contribution in [0.3, 0.4) is 0 Å². The molecule has 0 radical (unpaired) electrons. The van der Waals surface area contributed by atoms with Gasteiger partial charge in [0.1, 0.15) is 28.8 Å². The van der Waals surface area contributed by atoms with Crippen molar-refractivity contribution in [2.75, 3.05) is 11.6 Å². The molecule has 0 bridgehead atoms. The number of rotatable bonds is 11. The molecule has 2 atom stereocenters. The summed E-state index contributed by atoms with van der Waals surface area (Å²) < 4.78 is 21.5. The predicted molar refractivity (Wildman–Crippen MR) is 151 cm³/mol. The first kappa shape index (κ1) is 28.6. The topological polar surface area (TPSA) is 124 Å². The second-order valence-electron chi connectivity index (χ2n) is 8.25. The van der Waals surface area contributed by atoms with Crippen molar-refractivity contribution < 1.29 is 13.7 Å². The van der Waals surface area contributed by atoms with Crippen molar-refractivity contribution >= 4 is 46.2 Å². The van der Waals surface area contributed by atoms with Crippen LogP contribution in [0.5, 0.6) is 5.75 Å². The Morgan fingerprint density at radius 3 is 2.45 bits per heavy atom. The molecule has 200 valence electrons. The van der Waals surface area contributed by atoms with Crippen LogP contribution in [0, 0.1) is 5.92 Å². The zero-order valence-electron chi connectivity index (χ0n) is 21.1. The van der Waals surface area contributed by atoms with Gasteiger partial charge in [-0.25, -0.2) is 9.00 Å². The van der Waals surface area contributed by atoms with E-state index in [1.807, 2.05) is 0 Å². The molecule has 0 saturated heterocycles. The first-order valence-electron chi connectivity index (χ1n) is 11.6. The maximum atomic E-state index is 13.5. The summed E-state index contributed by atoms with van der Waals surface area (Å²) in [7, 11) is -1.56. The lowest BCUT2D eigenvalue weighted by Gasteiger charge is -2.18. The smallest absolute Gasteiger partial charge is 0.332 e. The molecule has 10 nitrogen and oxygen atoms in total. The average molecular weight is 558 g/mol. The van der Waals surface area contributed by atoms with Crippen LogP contribution < -0.4 is 26.0 Å². The van der Waals surface area contributed by atoms with Crippen LogP contribution in [-0.4, -0.2) is 31.7 Å². The van der Waals surface area contributed by atoms with Gasteiger partial charge in [0.25, 0.3) is 5.56 Å². The standard InChI is InChI=1S/C26H28ClN5O5S/c1-4-28-13-14-37-22-11-9-21(10-12-22)29-23-15-24(33)32(16-18(2)25(34)30-38(3)36)26(35)31(23)17-19-5-7-20(27)8-6-19/h4-15,18,29H,16-17H2,1-3H3,(H,30,34)/b14-13+,28-4?/t18-,38?/m0/s1. The normalized spacial score (nSPS) is 12.9. The van der Waals surface area contributed by atoms with Crippen LogP contribution in [-0.2, 0) is 28.9 Å². The van der Waals surface area contributed by atoms with E-state index >= 15 is 0 Å². The molecule has 0 fully saturated rings. The zero-order chi connectivity index (χ0) is 27.7. The van der Waals surface area contributed by atoms with Crippen molar-refractivity contribution in [1.82, 2.24) is 13.9 Å². The molecule has 2 N–H and O–H groups in total. The Morgan fingerprint density at radius 2 is 1.82 bits per heavy atom. The lowest BCUT2D eigenvalue weighted by atomic mass is 10.1. The van der Waals surface area contributed by atoms with E-state index in [9.17, 15) is 18.6 Å². The van der Waals surface area contributed by atoms with Gasteiger partial charge in [-0.15, -0.1) is 0 Å². The summed E-state index contributed by atoms with van der Waals surface area (Å²) in [5, 5.41) is 3.68. The van der Waals surface area contributed by atoms with E-state index in [0.29, 0.717) is 16.5 Å². The quantitative estimate of drug-likeness (QED) is 0.275.